The molecule has 2 aromatic carbocycles. The Labute approximate surface area is 128 Å². The molecule has 2 rings (SSSR count). The molecule has 0 aliphatic heterocycles. The first kappa shape index (κ1) is 16.1. The van der Waals surface area contributed by atoms with Gasteiger partial charge < -0.3 is 14.8 Å². The molecule has 2 aromatic rings. The van der Waals surface area contributed by atoms with E-state index in [-0.39, 0.29) is 5.75 Å². The average molecular weight is 307 g/mol. The lowest BCUT2D eigenvalue weighted by molar-refractivity contribution is -0.0517. The van der Waals surface area contributed by atoms with E-state index in [9.17, 15) is 8.78 Å². The fourth-order valence-electron chi connectivity index (χ4n) is 2.36. The van der Waals surface area contributed by atoms with Crippen LogP contribution in [0, 0.1) is 13.8 Å². The van der Waals surface area contributed by atoms with Gasteiger partial charge in [-0.15, -0.1) is 0 Å². The summed E-state index contributed by atoms with van der Waals surface area (Å²) in [6.45, 7) is 1.49. The normalized spacial score (nSPS) is 10.6. The molecule has 0 aliphatic carbocycles. The van der Waals surface area contributed by atoms with Crippen LogP contribution in [0.5, 0.6) is 11.5 Å². The lowest BCUT2D eigenvalue weighted by Gasteiger charge is -2.15. The number of nitrogens with one attached hydrogen (secondary N) is 1. The second-order valence-electron chi connectivity index (χ2n) is 5.06. The van der Waals surface area contributed by atoms with Crippen LogP contribution in [0.1, 0.15) is 16.7 Å². The summed E-state index contributed by atoms with van der Waals surface area (Å²) in [5.74, 6) is 0.358. The fourth-order valence-corrected chi connectivity index (χ4v) is 2.36. The molecule has 0 heterocycles. The number of methoxy groups -OCH3 is 1. The van der Waals surface area contributed by atoms with Crippen molar-refractivity contribution in [3.63, 3.8) is 0 Å². The van der Waals surface area contributed by atoms with E-state index in [2.05, 4.69) is 16.1 Å². The van der Waals surface area contributed by atoms with Crippen molar-refractivity contribution < 1.29 is 18.3 Å². The highest BCUT2D eigenvalue weighted by Gasteiger charge is 2.15. The molecular formula is C17H19F2NO2. The number of hydrogen-bond acceptors (Lipinski definition) is 3. The highest BCUT2D eigenvalue weighted by Crippen LogP contribution is 2.33. The summed E-state index contributed by atoms with van der Waals surface area (Å²) < 4.78 is 34.9. The summed E-state index contributed by atoms with van der Waals surface area (Å²) in [5, 5.41) is 3.23. The number of rotatable bonds is 6. The minimum atomic E-state index is -2.89. The first-order chi connectivity index (χ1) is 10.5. The van der Waals surface area contributed by atoms with E-state index in [1.165, 1.54) is 7.11 Å². The van der Waals surface area contributed by atoms with Crippen LogP contribution in [0.25, 0.3) is 0 Å². The Bertz CT molecular complexity index is 624. The van der Waals surface area contributed by atoms with Crippen molar-refractivity contribution in [1.82, 2.24) is 0 Å². The molecule has 0 saturated carbocycles. The smallest absolute Gasteiger partial charge is 0.387 e. The zero-order chi connectivity index (χ0) is 16.1. The summed E-state index contributed by atoms with van der Waals surface area (Å²) in [4.78, 5) is 0. The topological polar surface area (TPSA) is 30.5 Å². The molecule has 0 bridgehead atoms. The van der Waals surface area contributed by atoms with Crippen molar-refractivity contribution in [2.24, 2.45) is 0 Å². The van der Waals surface area contributed by atoms with Crippen LogP contribution in [0.4, 0.5) is 14.5 Å². The van der Waals surface area contributed by atoms with Crippen molar-refractivity contribution in [3.05, 3.63) is 53.1 Å². The first-order valence-electron chi connectivity index (χ1n) is 6.92. The van der Waals surface area contributed by atoms with E-state index in [0.717, 1.165) is 16.8 Å². The van der Waals surface area contributed by atoms with Gasteiger partial charge >= 0.3 is 6.61 Å². The number of benzene rings is 2. The maximum Gasteiger partial charge on any atom is 0.387 e. The molecule has 5 heteroatoms. The van der Waals surface area contributed by atoms with Crippen LogP contribution in [-0.2, 0) is 6.54 Å². The van der Waals surface area contributed by atoms with Crippen molar-refractivity contribution in [3.8, 4) is 11.5 Å². The first-order valence-corrected chi connectivity index (χ1v) is 6.92. The Balaban J connectivity index is 2.21. The summed E-state index contributed by atoms with van der Waals surface area (Å²) in [7, 11) is 1.43. The largest absolute Gasteiger partial charge is 0.493 e. The van der Waals surface area contributed by atoms with Crippen molar-refractivity contribution in [1.29, 1.82) is 0 Å². The number of para-hydroxylation sites is 1. The molecule has 1 N–H and O–H groups in total. The van der Waals surface area contributed by atoms with Gasteiger partial charge in [-0.25, -0.2) is 0 Å². The van der Waals surface area contributed by atoms with Crippen molar-refractivity contribution >= 4 is 5.69 Å². The molecule has 0 fully saturated rings. The Morgan fingerprint density at radius 2 is 1.77 bits per heavy atom. The molecule has 0 radical (unpaired) electrons. The quantitative estimate of drug-likeness (QED) is 0.851. The number of anilines is 1. The standard InChI is InChI=1S/C17H19F2NO2/c1-11-7-12(2)9-14(8-11)20-10-13-5-4-6-15(21-3)16(13)22-17(18)19/h4-9,17,20H,10H2,1-3H3. The summed E-state index contributed by atoms with van der Waals surface area (Å²) in [6.07, 6.45) is 0. The lowest BCUT2D eigenvalue weighted by Crippen LogP contribution is -2.08. The maximum absolute atomic E-state index is 12.6. The third-order valence-electron chi connectivity index (χ3n) is 3.19. The number of hydrogen-bond donors (Lipinski definition) is 1. The van der Waals surface area contributed by atoms with Crippen LogP contribution >= 0.6 is 0 Å². The molecule has 118 valence electrons. The molecule has 0 amide bonds. The lowest BCUT2D eigenvalue weighted by atomic mass is 10.1. The zero-order valence-electron chi connectivity index (χ0n) is 12.8. The predicted octanol–water partition coefficient (Wildman–Crippen LogP) is 4.53. The third kappa shape index (κ3) is 4.10. The number of ether oxygens (including phenoxy) is 2. The molecule has 0 atom stereocenters. The third-order valence-corrected chi connectivity index (χ3v) is 3.19. The second kappa shape index (κ2) is 7.11. The summed E-state index contributed by atoms with van der Waals surface area (Å²) in [6, 6.07) is 11.1. The molecule has 22 heavy (non-hydrogen) atoms. The van der Waals surface area contributed by atoms with Crippen molar-refractivity contribution in [2.45, 2.75) is 27.0 Å². The SMILES string of the molecule is COc1cccc(CNc2cc(C)cc(C)c2)c1OC(F)F. The van der Waals surface area contributed by atoms with Gasteiger partial charge in [0.15, 0.2) is 11.5 Å². The van der Waals surface area contributed by atoms with Gasteiger partial charge in [-0.2, -0.15) is 8.78 Å². The highest BCUT2D eigenvalue weighted by atomic mass is 19.3. The Hall–Kier alpha value is -2.30. The van der Waals surface area contributed by atoms with E-state index in [4.69, 9.17) is 4.74 Å². The van der Waals surface area contributed by atoms with Gasteiger partial charge in [-0.3, -0.25) is 0 Å². The van der Waals surface area contributed by atoms with Crippen LogP contribution < -0.4 is 14.8 Å². The average Bonchev–Trinajstić information content (AvgIpc) is 2.44. The Kier molecular flexibility index (Phi) is 5.20. The van der Waals surface area contributed by atoms with Gasteiger partial charge in [0.25, 0.3) is 0 Å². The van der Waals surface area contributed by atoms with E-state index >= 15 is 0 Å². The van der Waals surface area contributed by atoms with E-state index < -0.39 is 6.61 Å². The molecular weight excluding hydrogens is 288 g/mol. The summed E-state index contributed by atoms with van der Waals surface area (Å²) >= 11 is 0. The zero-order valence-corrected chi connectivity index (χ0v) is 12.8. The Morgan fingerprint density at radius 1 is 1.09 bits per heavy atom. The van der Waals surface area contributed by atoms with E-state index in [1.54, 1.807) is 18.2 Å². The summed E-state index contributed by atoms with van der Waals surface area (Å²) in [5.41, 5.74) is 3.82. The molecule has 0 aliphatic rings. The van der Waals surface area contributed by atoms with Gasteiger partial charge in [-0.05, 0) is 43.2 Å². The number of halogens is 2. The second-order valence-corrected chi connectivity index (χ2v) is 5.06. The van der Waals surface area contributed by atoms with Crippen LogP contribution in [0.2, 0.25) is 0 Å². The monoisotopic (exact) mass is 307 g/mol. The highest BCUT2D eigenvalue weighted by molar-refractivity contribution is 5.52. The van der Waals surface area contributed by atoms with Crippen LogP contribution in [0.3, 0.4) is 0 Å². The predicted molar refractivity (Wildman–Crippen MR) is 82.9 cm³/mol. The van der Waals surface area contributed by atoms with Gasteiger partial charge in [0.2, 0.25) is 0 Å². The van der Waals surface area contributed by atoms with Gasteiger partial charge in [0.1, 0.15) is 0 Å². The maximum atomic E-state index is 12.6. The molecule has 0 spiro atoms. The molecule has 0 aromatic heterocycles. The Morgan fingerprint density at radius 3 is 2.36 bits per heavy atom. The van der Waals surface area contributed by atoms with Gasteiger partial charge in [0.05, 0.1) is 7.11 Å². The molecule has 3 nitrogen and oxygen atoms in total. The fraction of sp³-hybridized carbons (Fsp3) is 0.294. The van der Waals surface area contributed by atoms with E-state index in [1.807, 2.05) is 26.0 Å². The number of alkyl halides is 2. The molecule has 0 saturated heterocycles. The van der Waals surface area contributed by atoms with Gasteiger partial charge in [0, 0.05) is 17.8 Å². The van der Waals surface area contributed by atoms with Crippen LogP contribution in [0.15, 0.2) is 36.4 Å². The minimum Gasteiger partial charge on any atom is -0.493 e. The minimum absolute atomic E-state index is 0.0666. The van der Waals surface area contributed by atoms with Gasteiger partial charge in [-0.1, -0.05) is 18.2 Å². The van der Waals surface area contributed by atoms with E-state index in [0.29, 0.717) is 17.9 Å². The number of aryl methyl sites for hydroxylation is 2. The van der Waals surface area contributed by atoms with Crippen molar-refractivity contribution in [2.75, 3.05) is 12.4 Å². The molecule has 0 unspecified atom stereocenters. The van der Waals surface area contributed by atoms with Crippen LogP contribution in [-0.4, -0.2) is 13.7 Å².